The molecule has 1 aromatic carbocycles. The fourth-order valence-electron chi connectivity index (χ4n) is 2.10. The van der Waals surface area contributed by atoms with E-state index >= 15 is 0 Å². The van der Waals surface area contributed by atoms with Crippen molar-refractivity contribution in [2.24, 2.45) is 11.8 Å². The Kier molecular flexibility index (Phi) is 2.51. The molecule has 0 N–H and O–H groups in total. The summed E-state index contributed by atoms with van der Waals surface area (Å²) in [5.41, 5.74) is 0. The summed E-state index contributed by atoms with van der Waals surface area (Å²) in [4.78, 5) is -0.377. The van der Waals surface area contributed by atoms with E-state index in [9.17, 15) is 0 Å². The van der Waals surface area contributed by atoms with Crippen LogP contribution in [0.2, 0.25) is 4.79 Å². The van der Waals surface area contributed by atoms with Crippen LogP contribution < -0.4 is 4.46 Å². The van der Waals surface area contributed by atoms with Crippen LogP contribution >= 0.6 is 0 Å². The first kappa shape index (κ1) is 9.04. The van der Waals surface area contributed by atoms with Crippen molar-refractivity contribution < 1.29 is 1.37 Å². The fraction of sp³-hybridized carbons (Fsp3) is 0.200. The molecule has 0 aromatic heterocycles. The van der Waals surface area contributed by atoms with Gasteiger partial charge < -0.3 is 0 Å². The molecule has 0 amide bonds. The van der Waals surface area contributed by atoms with Gasteiger partial charge in [-0.1, -0.05) is 0 Å². The zero-order valence-electron chi connectivity index (χ0n) is 9.91. The Balaban J connectivity index is 1.92. The molecule has 0 spiro atoms. The molecule has 0 nitrogen and oxygen atoms in total. The van der Waals surface area contributed by atoms with Crippen LogP contribution in [-0.2, 0) is 0 Å². The third kappa shape index (κ3) is 1.93. The van der Waals surface area contributed by atoms with Gasteiger partial charge >= 0.3 is 104 Å². The summed E-state index contributed by atoms with van der Waals surface area (Å²) >= 11 is 0.173. The van der Waals surface area contributed by atoms with E-state index in [2.05, 4.69) is 60.7 Å². The molecule has 0 fully saturated rings. The van der Waals surface area contributed by atoms with E-state index in [0.717, 1.165) is 0 Å². The van der Waals surface area contributed by atoms with Crippen molar-refractivity contribution in [1.82, 2.24) is 0 Å². The summed E-state index contributed by atoms with van der Waals surface area (Å²) in [7, 11) is 0. The molecule has 2 aliphatic carbocycles. The van der Waals surface area contributed by atoms with Crippen molar-refractivity contribution in [1.29, 1.82) is 0 Å². The van der Waals surface area contributed by atoms with Gasteiger partial charge in [-0.25, -0.2) is 0 Å². The third-order valence-corrected chi connectivity index (χ3v) is 5.61. The summed E-state index contributed by atoms with van der Waals surface area (Å²) in [5.74, 6) is 0.533. The van der Waals surface area contributed by atoms with Crippen molar-refractivity contribution in [3.63, 3.8) is 0 Å². The molecule has 0 radical (unpaired) electrons. The van der Waals surface area contributed by atoms with Gasteiger partial charge in [0.15, 0.2) is 0 Å². The second-order valence-electron chi connectivity index (χ2n) is 4.02. The zero-order valence-corrected chi connectivity index (χ0v) is 10.6. The maximum atomic E-state index is 8.84. The average molecular weight is 274 g/mol. The molecular formula is C15H14Se. The van der Waals surface area contributed by atoms with Crippen LogP contribution in [0.3, 0.4) is 0 Å². The van der Waals surface area contributed by atoms with E-state index < -0.39 is 0 Å². The van der Waals surface area contributed by atoms with Gasteiger partial charge in [-0.3, -0.25) is 0 Å². The minimum absolute atomic E-state index is 0.173. The molecule has 1 aromatic rings. The van der Waals surface area contributed by atoms with Crippen molar-refractivity contribution in [2.45, 2.75) is 4.79 Å². The van der Waals surface area contributed by atoms with Crippen molar-refractivity contribution in [2.75, 3.05) is 0 Å². The number of rotatable bonds is 2. The molecule has 2 atom stereocenters. The molecule has 0 saturated carbocycles. The van der Waals surface area contributed by atoms with E-state index in [4.69, 9.17) is 1.37 Å². The first-order valence-electron chi connectivity index (χ1n) is 6.06. The Morgan fingerprint density at radius 3 is 2.12 bits per heavy atom. The van der Waals surface area contributed by atoms with E-state index in [1.54, 1.807) is 0 Å². The van der Waals surface area contributed by atoms with Gasteiger partial charge in [0.25, 0.3) is 0 Å². The predicted octanol–water partition coefficient (Wildman–Crippen LogP) is 2.73. The number of hydrogen-bond acceptors (Lipinski definition) is 0. The Labute approximate surface area is 104 Å². The molecular weight excluding hydrogens is 259 g/mol. The van der Waals surface area contributed by atoms with Crippen LogP contribution in [0.1, 0.15) is 1.37 Å². The van der Waals surface area contributed by atoms with Crippen LogP contribution in [0.4, 0.5) is 0 Å². The van der Waals surface area contributed by atoms with E-state index in [1.807, 2.05) is 6.07 Å². The van der Waals surface area contributed by atoms with E-state index in [1.165, 1.54) is 4.46 Å². The van der Waals surface area contributed by atoms with E-state index in [0.29, 0.717) is 0 Å². The SMILES string of the molecule is [2H]C1([Se]c2ccccc2)C2C=CC=CC1C=C2. The summed E-state index contributed by atoms with van der Waals surface area (Å²) in [6.45, 7) is 0. The standard InChI is InChI=1S/C15H14Se/c1-2-8-14(9-3-1)16-15-12-6-4-5-7-13(15)11-10-12/h1-13,15H/i15D. The van der Waals surface area contributed by atoms with Crippen LogP contribution in [0, 0.1) is 11.8 Å². The van der Waals surface area contributed by atoms with Gasteiger partial charge in [0.2, 0.25) is 0 Å². The van der Waals surface area contributed by atoms with Gasteiger partial charge in [0.1, 0.15) is 0 Å². The Bertz CT molecular complexity index is 465. The van der Waals surface area contributed by atoms with Gasteiger partial charge in [0, 0.05) is 0 Å². The summed E-state index contributed by atoms with van der Waals surface area (Å²) in [6, 6.07) is 10.5. The van der Waals surface area contributed by atoms with Crippen molar-refractivity contribution in [3.05, 3.63) is 66.8 Å². The molecule has 16 heavy (non-hydrogen) atoms. The number of benzene rings is 1. The molecule has 3 rings (SSSR count). The second kappa shape index (κ2) is 4.45. The predicted molar refractivity (Wildman–Crippen MR) is 70.0 cm³/mol. The Morgan fingerprint density at radius 2 is 1.50 bits per heavy atom. The summed E-state index contributed by atoms with van der Waals surface area (Å²) < 4.78 is 10.2. The second-order valence-corrected chi connectivity index (χ2v) is 6.43. The normalized spacial score (nSPS) is 36.1. The van der Waals surface area contributed by atoms with Crippen LogP contribution in [-0.4, -0.2) is 15.0 Å². The summed E-state index contributed by atoms with van der Waals surface area (Å²) in [6.07, 6.45) is 12.9. The number of hydrogen-bond donors (Lipinski definition) is 0. The molecule has 0 heterocycles. The van der Waals surface area contributed by atoms with Crippen molar-refractivity contribution in [3.8, 4) is 0 Å². The summed E-state index contributed by atoms with van der Waals surface area (Å²) in [5, 5.41) is 0. The maximum absolute atomic E-state index is 8.84. The van der Waals surface area contributed by atoms with Crippen LogP contribution in [0.5, 0.6) is 0 Å². The molecule has 1 heteroatoms. The molecule has 2 unspecified atom stereocenters. The Hall–Kier alpha value is -1.04. The monoisotopic (exact) mass is 275 g/mol. The molecule has 0 aliphatic heterocycles. The topological polar surface area (TPSA) is 0 Å². The van der Waals surface area contributed by atoms with E-state index in [-0.39, 0.29) is 31.6 Å². The fourth-order valence-corrected chi connectivity index (χ4v) is 4.51. The molecule has 2 bridgehead atoms. The number of allylic oxidation sites excluding steroid dienone is 6. The van der Waals surface area contributed by atoms with Gasteiger partial charge in [-0.05, 0) is 0 Å². The first-order valence-corrected chi connectivity index (χ1v) is 7.28. The minimum atomic E-state index is -0.377. The average Bonchev–Trinajstić information content (AvgIpc) is 2.49. The van der Waals surface area contributed by atoms with Crippen LogP contribution in [0.15, 0.2) is 66.8 Å². The van der Waals surface area contributed by atoms with Gasteiger partial charge in [-0.2, -0.15) is 0 Å². The molecule has 80 valence electrons. The quantitative estimate of drug-likeness (QED) is 0.574. The Morgan fingerprint density at radius 1 is 0.875 bits per heavy atom. The first-order chi connectivity index (χ1) is 8.29. The van der Waals surface area contributed by atoms with Gasteiger partial charge in [-0.15, -0.1) is 0 Å². The molecule has 2 aliphatic rings. The molecule has 0 saturated heterocycles. The van der Waals surface area contributed by atoms with Crippen molar-refractivity contribution >= 4 is 19.4 Å². The van der Waals surface area contributed by atoms with Crippen LogP contribution in [0.25, 0.3) is 0 Å². The van der Waals surface area contributed by atoms with Gasteiger partial charge in [0.05, 0.1) is 0 Å². The zero-order chi connectivity index (χ0) is 11.7. The number of fused-ring (bicyclic) bond motifs is 2. The third-order valence-electron chi connectivity index (χ3n) is 2.91.